The second kappa shape index (κ2) is 5.13. The summed E-state index contributed by atoms with van der Waals surface area (Å²) in [5.41, 5.74) is 2.60. The Kier molecular flexibility index (Phi) is 3.16. The Bertz CT molecular complexity index is 736. The Morgan fingerprint density at radius 1 is 1.25 bits per heavy atom. The number of amides is 1. The molecule has 3 rings (SSSR count). The van der Waals surface area contributed by atoms with E-state index in [2.05, 4.69) is 20.3 Å². The van der Waals surface area contributed by atoms with Crippen LogP contribution in [0.3, 0.4) is 0 Å². The van der Waals surface area contributed by atoms with E-state index in [1.807, 2.05) is 37.4 Å². The van der Waals surface area contributed by atoms with Gasteiger partial charge in [0, 0.05) is 35.1 Å². The van der Waals surface area contributed by atoms with E-state index in [4.69, 9.17) is 0 Å². The van der Waals surface area contributed by atoms with Gasteiger partial charge in [0.2, 0.25) is 5.91 Å². The van der Waals surface area contributed by atoms with Gasteiger partial charge >= 0.3 is 0 Å². The molecule has 1 amide bonds. The van der Waals surface area contributed by atoms with E-state index >= 15 is 0 Å². The first-order valence-corrected chi connectivity index (χ1v) is 6.37. The summed E-state index contributed by atoms with van der Waals surface area (Å²) in [6.07, 6.45) is 6.63. The lowest BCUT2D eigenvalue weighted by Crippen LogP contribution is -2.19. The molecule has 5 nitrogen and oxygen atoms in total. The van der Waals surface area contributed by atoms with E-state index in [0.717, 1.165) is 22.2 Å². The zero-order chi connectivity index (χ0) is 13.9. The summed E-state index contributed by atoms with van der Waals surface area (Å²) < 4.78 is 0. The fraction of sp³-hybridized carbons (Fsp3) is 0.133. The molecule has 2 N–H and O–H groups in total. The molecule has 0 aliphatic carbocycles. The molecule has 0 aliphatic rings. The van der Waals surface area contributed by atoms with Gasteiger partial charge in [-0.05, 0) is 25.1 Å². The highest BCUT2D eigenvalue weighted by atomic mass is 16.1. The molecule has 1 atom stereocenters. The minimum atomic E-state index is -0.301. The Morgan fingerprint density at radius 2 is 2.05 bits per heavy atom. The lowest BCUT2D eigenvalue weighted by Gasteiger charge is -2.12. The average Bonchev–Trinajstić information content (AvgIpc) is 2.97. The zero-order valence-electron chi connectivity index (χ0n) is 11.0. The van der Waals surface area contributed by atoms with Gasteiger partial charge in [-0.15, -0.1) is 0 Å². The predicted molar refractivity (Wildman–Crippen MR) is 77.4 cm³/mol. The van der Waals surface area contributed by atoms with Crippen LogP contribution in [0.4, 0.5) is 5.69 Å². The highest BCUT2D eigenvalue weighted by Crippen LogP contribution is 2.24. The summed E-state index contributed by atoms with van der Waals surface area (Å²) in [5, 5.41) is 3.95. The predicted octanol–water partition coefficient (Wildman–Crippen LogP) is 2.70. The molecule has 3 aromatic rings. The molecule has 0 radical (unpaired) electrons. The summed E-state index contributed by atoms with van der Waals surface area (Å²) in [6.45, 7) is 1.84. The van der Waals surface area contributed by atoms with Crippen molar-refractivity contribution in [3.63, 3.8) is 0 Å². The molecule has 2 aromatic heterocycles. The van der Waals surface area contributed by atoms with E-state index in [1.54, 1.807) is 12.4 Å². The summed E-state index contributed by atoms with van der Waals surface area (Å²) in [5.74, 6) is -0.376. The van der Waals surface area contributed by atoms with Crippen molar-refractivity contribution in [3.05, 3.63) is 54.7 Å². The summed E-state index contributed by atoms with van der Waals surface area (Å²) >= 11 is 0. The van der Waals surface area contributed by atoms with E-state index < -0.39 is 0 Å². The van der Waals surface area contributed by atoms with Gasteiger partial charge in [-0.2, -0.15) is 0 Å². The van der Waals surface area contributed by atoms with Crippen LogP contribution in [0.2, 0.25) is 0 Å². The smallest absolute Gasteiger partial charge is 0.231 e. The molecular weight excluding hydrogens is 252 g/mol. The number of aromatic amines is 1. The first-order chi connectivity index (χ1) is 9.75. The van der Waals surface area contributed by atoms with Crippen LogP contribution < -0.4 is 5.32 Å². The maximum absolute atomic E-state index is 12.3. The van der Waals surface area contributed by atoms with Crippen molar-refractivity contribution in [1.29, 1.82) is 0 Å². The van der Waals surface area contributed by atoms with Crippen LogP contribution in [-0.2, 0) is 4.79 Å². The van der Waals surface area contributed by atoms with Gasteiger partial charge in [-0.1, -0.05) is 6.07 Å². The number of nitrogens with zero attached hydrogens (tertiary/aromatic N) is 2. The first-order valence-electron chi connectivity index (χ1n) is 6.37. The second-order valence-electron chi connectivity index (χ2n) is 4.63. The molecule has 0 saturated heterocycles. The number of hydrogen-bond acceptors (Lipinski definition) is 3. The maximum Gasteiger partial charge on any atom is 0.231 e. The summed E-state index contributed by atoms with van der Waals surface area (Å²) in [7, 11) is 0. The third-order valence-electron chi connectivity index (χ3n) is 3.33. The summed E-state index contributed by atoms with van der Waals surface area (Å²) in [4.78, 5) is 23.3. The van der Waals surface area contributed by atoms with Gasteiger partial charge in [0.15, 0.2) is 0 Å². The average molecular weight is 266 g/mol. The largest absolute Gasteiger partial charge is 0.361 e. The van der Waals surface area contributed by atoms with Crippen LogP contribution in [0.5, 0.6) is 0 Å². The highest BCUT2D eigenvalue weighted by Gasteiger charge is 2.16. The van der Waals surface area contributed by atoms with Crippen molar-refractivity contribution in [2.45, 2.75) is 12.8 Å². The van der Waals surface area contributed by atoms with Crippen molar-refractivity contribution in [1.82, 2.24) is 15.0 Å². The fourth-order valence-electron chi connectivity index (χ4n) is 2.12. The Balaban J connectivity index is 1.84. The van der Waals surface area contributed by atoms with Crippen molar-refractivity contribution >= 4 is 22.5 Å². The van der Waals surface area contributed by atoms with Gasteiger partial charge < -0.3 is 10.3 Å². The van der Waals surface area contributed by atoms with Crippen LogP contribution in [0.25, 0.3) is 10.9 Å². The van der Waals surface area contributed by atoms with Crippen molar-refractivity contribution in [3.8, 4) is 0 Å². The lowest BCUT2D eigenvalue weighted by molar-refractivity contribution is -0.117. The molecule has 5 heteroatoms. The third kappa shape index (κ3) is 2.25. The molecule has 0 fully saturated rings. The Morgan fingerprint density at radius 3 is 2.85 bits per heavy atom. The number of carbonyl (C=O) groups is 1. The van der Waals surface area contributed by atoms with Crippen LogP contribution >= 0.6 is 0 Å². The number of fused-ring (bicyclic) bond motifs is 1. The van der Waals surface area contributed by atoms with E-state index in [1.165, 1.54) is 6.33 Å². The number of rotatable bonds is 3. The molecule has 0 spiro atoms. The van der Waals surface area contributed by atoms with Crippen LogP contribution in [-0.4, -0.2) is 20.9 Å². The number of carbonyl (C=O) groups excluding carboxylic acids is 1. The molecule has 0 aliphatic heterocycles. The molecule has 0 bridgehead atoms. The van der Waals surface area contributed by atoms with E-state index in [9.17, 15) is 4.79 Å². The maximum atomic E-state index is 12.3. The fourth-order valence-corrected chi connectivity index (χ4v) is 2.12. The third-order valence-corrected chi connectivity index (χ3v) is 3.33. The Hall–Kier alpha value is -2.69. The number of anilines is 1. The monoisotopic (exact) mass is 266 g/mol. The van der Waals surface area contributed by atoms with Crippen LogP contribution in [0, 0.1) is 0 Å². The molecule has 100 valence electrons. The number of hydrogen-bond donors (Lipinski definition) is 2. The number of nitrogens with one attached hydrogen (secondary N) is 2. The lowest BCUT2D eigenvalue weighted by atomic mass is 10.0. The van der Waals surface area contributed by atoms with E-state index in [-0.39, 0.29) is 11.8 Å². The van der Waals surface area contributed by atoms with Gasteiger partial charge in [-0.3, -0.25) is 4.79 Å². The molecule has 2 heterocycles. The van der Waals surface area contributed by atoms with E-state index in [0.29, 0.717) is 0 Å². The van der Waals surface area contributed by atoms with Crippen molar-refractivity contribution in [2.75, 3.05) is 5.32 Å². The number of benzene rings is 1. The molecule has 20 heavy (non-hydrogen) atoms. The van der Waals surface area contributed by atoms with Gasteiger partial charge in [0.05, 0.1) is 11.6 Å². The first kappa shape index (κ1) is 12.3. The normalized spacial score (nSPS) is 12.2. The Labute approximate surface area is 116 Å². The molecule has 1 unspecified atom stereocenters. The topological polar surface area (TPSA) is 70.7 Å². The van der Waals surface area contributed by atoms with Gasteiger partial charge in [0.25, 0.3) is 0 Å². The van der Waals surface area contributed by atoms with Crippen LogP contribution in [0.15, 0.2) is 49.2 Å². The highest BCUT2D eigenvalue weighted by molar-refractivity contribution is 6.03. The van der Waals surface area contributed by atoms with Gasteiger partial charge in [0.1, 0.15) is 6.33 Å². The van der Waals surface area contributed by atoms with Crippen molar-refractivity contribution < 1.29 is 4.79 Å². The standard InChI is InChI=1S/C15H14N4O/c1-10(11-7-16-9-17-8-11)15(20)19-14-4-2-3-13-12(14)5-6-18-13/h2-10,18H,1H3,(H,19,20). The van der Waals surface area contributed by atoms with Crippen LogP contribution in [0.1, 0.15) is 18.4 Å². The summed E-state index contributed by atoms with van der Waals surface area (Å²) in [6, 6.07) is 7.72. The zero-order valence-corrected chi connectivity index (χ0v) is 11.0. The number of H-pyrrole nitrogens is 1. The SMILES string of the molecule is CC(C(=O)Nc1cccc2[nH]ccc12)c1cncnc1. The molecule has 1 aromatic carbocycles. The quantitative estimate of drug-likeness (QED) is 0.765. The molecule has 0 saturated carbocycles. The van der Waals surface area contributed by atoms with Gasteiger partial charge in [-0.25, -0.2) is 9.97 Å². The second-order valence-corrected chi connectivity index (χ2v) is 4.63. The minimum absolute atomic E-state index is 0.0755. The van der Waals surface area contributed by atoms with Crippen molar-refractivity contribution in [2.24, 2.45) is 0 Å². The minimum Gasteiger partial charge on any atom is -0.361 e. The molecular formula is C15H14N4O. The number of aromatic nitrogens is 3.